The van der Waals surface area contributed by atoms with Gasteiger partial charge in [-0.1, -0.05) is 30.0 Å². The maximum atomic E-state index is 12.4. The van der Waals surface area contributed by atoms with Crippen molar-refractivity contribution in [1.82, 2.24) is 25.1 Å². The highest BCUT2D eigenvalue weighted by atomic mass is 32.2. The third-order valence-corrected chi connectivity index (χ3v) is 4.85. The number of aromatic nitrogens is 4. The molecule has 0 aliphatic carbocycles. The van der Waals surface area contributed by atoms with Crippen LogP contribution in [0.5, 0.6) is 0 Å². The lowest BCUT2D eigenvalue weighted by Crippen LogP contribution is -2.44. The van der Waals surface area contributed by atoms with Crippen molar-refractivity contribution < 1.29 is 9.59 Å². The number of amides is 2. The number of rotatable bonds is 5. The van der Waals surface area contributed by atoms with Crippen molar-refractivity contribution in [2.24, 2.45) is 11.7 Å². The molecule has 0 spiro atoms. The summed E-state index contributed by atoms with van der Waals surface area (Å²) < 4.78 is 1.60. The van der Waals surface area contributed by atoms with Crippen molar-refractivity contribution in [1.29, 1.82) is 0 Å². The first-order valence-electron chi connectivity index (χ1n) is 7.69. The van der Waals surface area contributed by atoms with Crippen molar-refractivity contribution in [3.63, 3.8) is 0 Å². The lowest BCUT2D eigenvalue weighted by Gasteiger charge is -2.31. The normalized spacial score (nSPS) is 17.7. The molecular formula is C15H18N6O2S. The maximum Gasteiger partial charge on any atom is 0.233 e. The molecule has 24 heavy (non-hydrogen) atoms. The molecule has 1 aliphatic rings. The zero-order valence-corrected chi connectivity index (χ0v) is 13.9. The van der Waals surface area contributed by atoms with E-state index in [0.717, 1.165) is 18.5 Å². The molecule has 1 aliphatic heterocycles. The monoisotopic (exact) mass is 346 g/mol. The third kappa shape index (κ3) is 3.73. The van der Waals surface area contributed by atoms with E-state index in [4.69, 9.17) is 5.73 Å². The molecule has 0 unspecified atom stereocenters. The molecule has 3 rings (SSSR count). The predicted molar refractivity (Wildman–Crippen MR) is 88.4 cm³/mol. The molecule has 8 nitrogen and oxygen atoms in total. The van der Waals surface area contributed by atoms with E-state index in [0.29, 0.717) is 18.2 Å². The second kappa shape index (κ2) is 7.43. The van der Waals surface area contributed by atoms with Crippen LogP contribution in [0.3, 0.4) is 0 Å². The Labute approximate surface area is 143 Å². The number of hydrogen-bond donors (Lipinski definition) is 1. The summed E-state index contributed by atoms with van der Waals surface area (Å²) in [5.41, 5.74) is 6.19. The topological polar surface area (TPSA) is 107 Å². The van der Waals surface area contributed by atoms with Gasteiger partial charge in [-0.2, -0.15) is 4.68 Å². The molecule has 1 atom stereocenters. The molecule has 1 aromatic carbocycles. The SMILES string of the molecule is NC(=O)[C@H]1CCCN(C(=O)CSc2nnnn2-c2ccccc2)C1. The second-order valence-corrected chi connectivity index (χ2v) is 6.52. The standard InChI is InChI=1S/C15H18N6O2S/c16-14(23)11-5-4-8-20(9-11)13(22)10-24-15-17-18-19-21(15)12-6-2-1-3-7-12/h1-3,6-7,11H,4-5,8-10H2,(H2,16,23)/t11-/m0/s1. The van der Waals surface area contributed by atoms with Gasteiger partial charge >= 0.3 is 0 Å². The van der Waals surface area contributed by atoms with Gasteiger partial charge in [-0.3, -0.25) is 9.59 Å². The Bertz CT molecular complexity index is 720. The molecular weight excluding hydrogens is 328 g/mol. The molecule has 1 saturated heterocycles. The maximum absolute atomic E-state index is 12.4. The van der Waals surface area contributed by atoms with Gasteiger partial charge < -0.3 is 10.6 Å². The molecule has 1 fully saturated rings. The van der Waals surface area contributed by atoms with E-state index in [-0.39, 0.29) is 23.5 Å². The van der Waals surface area contributed by atoms with Crippen LogP contribution in [-0.4, -0.2) is 55.8 Å². The first-order valence-corrected chi connectivity index (χ1v) is 8.67. The van der Waals surface area contributed by atoms with Gasteiger partial charge in [0.1, 0.15) is 0 Å². The van der Waals surface area contributed by atoms with E-state index < -0.39 is 0 Å². The van der Waals surface area contributed by atoms with E-state index in [9.17, 15) is 9.59 Å². The fourth-order valence-corrected chi connectivity index (χ4v) is 3.45. The first-order chi connectivity index (χ1) is 11.6. The number of nitrogens with zero attached hydrogens (tertiary/aromatic N) is 5. The Kier molecular flexibility index (Phi) is 5.09. The van der Waals surface area contributed by atoms with Crippen molar-refractivity contribution >= 4 is 23.6 Å². The molecule has 2 heterocycles. The summed E-state index contributed by atoms with van der Waals surface area (Å²) in [5.74, 6) is -0.400. The van der Waals surface area contributed by atoms with Crippen LogP contribution in [0.1, 0.15) is 12.8 Å². The Morgan fingerprint density at radius 3 is 2.83 bits per heavy atom. The van der Waals surface area contributed by atoms with E-state index in [1.54, 1.807) is 9.58 Å². The predicted octanol–water partition coefficient (Wildman–Crippen LogP) is 0.478. The highest BCUT2D eigenvalue weighted by Gasteiger charge is 2.27. The largest absolute Gasteiger partial charge is 0.369 e. The van der Waals surface area contributed by atoms with Crippen LogP contribution in [0.2, 0.25) is 0 Å². The summed E-state index contributed by atoms with van der Waals surface area (Å²) >= 11 is 1.28. The molecule has 0 radical (unpaired) electrons. The van der Waals surface area contributed by atoms with Crippen molar-refractivity contribution in [2.75, 3.05) is 18.8 Å². The minimum Gasteiger partial charge on any atom is -0.369 e. The number of nitrogens with two attached hydrogens (primary N) is 1. The van der Waals surface area contributed by atoms with Crippen LogP contribution < -0.4 is 5.73 Å². The van der Waals surface area contributed by atoms with Crippen molar-refractivity contribution in [3.8, 4) is 5.69 Å². The molecule has 2 amide bonds. The van der Waals surface area contributed by atoms with Gasteiger partial charge in [-0.15, -0.1) is 5.10 Å². The fraction of sp³-hybridized carbons (Fsp3) is 0.400. The lowest BCUT2D eigenvalue weighted by atomic mass is 9.97. The van der Waals surface area contributed by atoms with Crippen LogP contribution in [0.4, 0.5) is 0 Å². The van der Waals surface area contributed by atoms with Crippen LogP contribution in [0, 0.1) is 5.92 Å². The number of thioether (sulfide) groups is 1. The van der Waals surface area contributed by atoms with Gasteiger partial charge in [0.15, 0.2) is 0 Å². The molecule has 0 bridgehead atoms. The first kappa shape index (κ1) is 16.4. The Morgan fingerprint density at radius 2 is 2.08 bits per heavy atom. The number of primary amides is 1. The molecule has 126 valence electrons. The summed E-state index contributed by atoms with van der Waals surface area (Å²) in [6.45, 7) is 1.06. The summed E-state index contributed by atoms with van der Waals surface area (Å²) in [6, 6.07) is 9.49. The zero-order chi connectivity index (χ0) is 16.9. The lowest BCUT2D eigenvalue weighted by molar-refractivity contribution is -0.132. The number of tetrazole rings is 1. The van der Waals surface area contributed by atoms with Crippen LogP contribution in [0.25, 0.3) is 5.69 Å². The van der Waals surface area contributed by atoms with Gasteiger partial charge in [0, 0.05) is 13.1 Å². The van der Waals surface area contributed by atoms with Crippen molar-refractivity contribution in [3.05, 3.63) is 30.3 Å². The second-order valence-electron chi connectivity index (χ2n) is 5.58. The van der Waals surface area contributed by atoms with Gasteiger partial charge in [0.2, 0.25) is 17.0 Å². The summed E-state index contributed by atoms with van der Waals surface area (Å²) in [6.07, 6.45) is 1.55. The average Bonchev–Trinajstić information content (AvgIpc) is 3.09. The number of para-hydroxylation sites is 1. The molecule has 2 N–H and O–H groups in total. The number of benzene rings is 1. The fourth-order valence-electron chi connectivity index (χ4n) is 2.65. The molecule has 2 aromatic rings. The molecule has 0 saturated carbocycles. The van der Waals surface area contributed by atoms with Crippen molar-refractivity contribution in [2.45, 2.75) is 18.0 Å². The Hall–Kier alpha value is -2.42. The van der Waals surface area contributed by atoms with Crippen LogP contribution in [0.15, 0.2) is 35.5 Å². The van der Waals surface area contributed by atoms with E-state index in [1.807, 2.05) is 30.3 Å². The third-order valence-electron chi connectivity index (χ3n) is 3.94. The van der Waals surface area contributed by atoms with E-state index in [2.05, 4.69) is 15.5 Å². The minimum atomic E-state index is -0.340. The van der Waals surface area contributed by atoms with Gasteiger partial charge in [-0.05, 0) is 35.4 Å². The zero-order valence-electron chi connectivity index (χ0n) is 13.0. The summed E-state index contributed by atoms with van der Waals surface area (Å²) in [5, 5.41) is 12.2. The van der Waals surface area contributed by atoms with Gasteiger partial charge in [0.25, 0.3) is 0 Å². The van der Waals surface area contributed by atoms with E-state index in [1.165, 1.54) is 11.8 Å². The smallest absolute Gasteiger partial charge is 0.233 e. The number of carbonyl (C=O) groups excluding carboxylic acids is 2. The highest BCUT2D eigenvalue weighted by Crippen LogP contribution is 2.21. The highest BCUT2D eigenvalue weighted by molar-refractivity contribution is 7.99. The van der Waals surface area contributed by atoms with Crippen LogP contribution >= 0.6 is 11.8 Å². The number of piperidine rings is 1. The summed E-state index contributed by atoms with van der Waals surface area (Å²) in [7, 11) is 0. The van der Waals surface area contributed by atoms with Gasteiger partial charge in [-0.25, -0.2) is 0 Å². The minimum absolute atomic E-state index is 0.0337. The number of hydrogen-bond acceptors (Lipinski definition) is 6. The summed E-state index contributed by atoms with van der Waals surface area (Å²) in [4.78, 5) is 25.4. The Balaban J connectivity index is 1.61. The van der Waals surface area contributed by atoms with Crippen LogP contribution in [-0.2, 0) is 9.59 Å². The molecule has 9 heteroatoms. The van der Waals surface area contributed by atoms with E-state index >= 15 is 0 Å². The number of carbonyl (C=O) groups is 2. The average molecular weight is 346 g/mol. The Morgan fingerprint density at radius 1 is 1.29 bits per heavy atom. The number of likely N-dealkylation sites (tertiary alicyclic amines) is 1. The molecule has 1 aromatic heterocycles. The quantitative estimate of drug-likeness (QED) is 0.789. The van der Waals surface area contributed by atoms with Gasteiger partial charge in [0.05, 0.1) is 17.4 Å².